The first kappa shape index (κ1) is 23.9. The Morgan fingerprint density at radius 1 is 1.16 bits per heavy atom. The number of fused-ring (bicyclic) bond motifs is 2. The van der Waals surface area contributed by atoms with Crippen LogP contribution in [0.1, 0.15) is 53.2 Å². The zero-order valence-electron chi connectivity index (χ0n) is 21.3. The van der Waals surface area contributed by atoms with Crippen LogP contribution in [0.3, 0.4) is 0 Å². The van der Waals surface area contributed by atoms with Gasteiger partial charge < -0.3 is 19.5 Å². The normalized spacial score (nSPS) is 21.5. The molecule has 1 aliphatic carbocycles. The number of allylic oxidation sites excluding steroid dienone is 1. The Balaban J connectivity index is 1.45. The number of methoxy groups -OCH3 is 1. The summed E-state index contributed by atoms with van der Waals surface area (Å²) in [5.41, 5.74) is 2.58. The molecule has 2 aromatic carbocycles. The zero-order chi connectivity index (χ0) is 25.7. The van der Waals surface area contributed by atoms with Crippen molar-refractivity contribution in [2.75, 3.05) is 31.6 Å². The first-order valence-electron chi connectivity index (χ1n) is 13.2. The van der Waals surface area contributed by atoms with Crippen molar-refractivity contribution in [1.29, 1.82) is 0 Å². The maximum Gasteiger partial charge on any atom is 0.200 e. The molecule has 37 heavy (non-hydrogen) atoms. The second-order valence-electron chi connectivity index (χ2n) is 10.6. The van der Waals surface area contributed by atoms with Crippen molar-refractivity contribution in [2.24, 2.45) is 5.92 Å². The third-order valence-corrected chi connectivity index (χ3v) is 8.03. The molecule has 1 saturated carbocycles. The largest absolute Gasteiger partial charge is 0.492 e. The highest BCUT2D eigenvalue weighted by Gasteiger charge is 2.38. The third kappa shape index (κ3) is 4.35. The number of nitrogens with one attached hydrogen (secondary N) is 1. The first-order chi connectivity index (χ1) is 17.9. The van der Waals surface area contributed by atoms with Gasteiger partial charge in [0, 0.05) is 31.4 Å². The van der Waals surface area contributed by atoms with Crippen molar-refractivity contribution in [3.63, 3.8) is 0 Å². The molecular formula is C30H32FN3O3. The summed E-state index contributed by atoms with van der Waals surface area (Å²) in [6.07, 6.45) is 8.92. The van der Waals surface area contributed by atoms with Crippen LogP contribution in [0, 0.1) is 18.7 Å². The molecule has 2 unspecified atom stereocenters. The molecule has 192 valence electrons. The van der Waals surface area contributed by atoms with Crippen molar-refractivity contribution in [3.8, 4) is 5.75 Å². The standard InChI is InChI=1S/C30H32FN3O3/c1-18-5-7-19(8-6-18)9-12-26(35)23-16-34(21-10-11-21)27-22(29(23)36)14-24(31)28(30(27)37-2)33-15-20-4-3-13-32-25(20)17-33/h5-9,12,14,16,20-21,25,32H,3-4,10-11,13,15,17H2,1-2H3/b12-9+. The van der Waals surface area contributed by atoms with Gasteiger partial charge in [-0.1, -0.05) is 35.9 Å². The summed E-state index contributed by atoms with van der Waals surface area (Å²) >= 11 is 0. The third-order valence-electron chi connectivity index (χ3n) is 8.03. The van der Waals surface area contributed by atoms with E-state index in [0.717, 1.165) is 49.9 Å². The molecule has 3 aromatic rings. The quantitative estimate of drug-likeness (QED) is 0.386. The van der Waals surface area contributed by atoms with E-state index in [4.69, 9.17) is 4.74 Å². The van der Waals surface area contributed by atoms with Crippen molar-refractivity contribution in [1.82, 2.24) is 9.88 Å². The smallest absolute Gasteiger partial charge is 0.200 e. The number of ketones is 1. The summed E-state index contributed by atoms with van der Waals surface area (Å²) < 4.78 is 23.6. The van der Waals surface area contributed by atoms with E-state index < -0.39 is 11.2 Å². The van der Waals surface area contributed by atoms with E-state index in [0.29, 0.717) is 35.5 Å². The number of anilines is 1. The van der Waals surface area contributed by atoms with E-state index in [1.807, 2.05) is 35.8 Å². The Hall–Kier alpha value is -3.45. The Labute approximate surface area is 215 Å². The lowest BCUT2D eigenvalue weighted by Gasteiger charge is -2.25. The average Bonchev–Trinajstić information content (AvgIpc) is 3.66. The number of hydrogen-bond acceptors (Lipinski definition) is 5. The molecule has 2 atom stereocenters. The van der Waals surface area contributed by atoms with Crippen LogP contribution in [0.5, 0.6) is 5.75 Å². The van der Waals surface area contributed by atoms with E-state index >= 15 is 4.39 Å². The fourth-order valence-electron chi connectivity index (χ4n) is 5.92. The molecule has 3 fully saturated rings. The Morgan fingerprint density at radius 2 is 1.95 bits per heavy atom. The van der Waals surface area contributed by atoms with Crippen molar-refractivity contribution < 1.29 is 13.9 Å². The van der Waals surface area contributed by atoms with Crippen molar-refractivity contribution in [3.05, 3.63) is 75.3 Å². The Morgan fingerprint density at radius 3 is 2.65 bits per heavy atom. The van der Waals surface area contributed by atoms with E-state index in [-0.39, 0.29) is 22.8 Å². The number of nitrogens with zero attached hydrogens (tertiary/aromatic N) is 2. The summed E-state index contributed by atoms with van der Waals surface area (Å²) in [6, 6.07) is 9.59. The van der Waals surface area contributed by atoms with E-state index in [1.165, 1.54) is 19.3 Å². The van der Waals surface area contributed by atoms with Crippen LogP contribution in [0.25, 0.3) is 17.0 Å². The van der Waals surface area contributed by atoms with Crippen LogP contribution < -0.4 is 20.4 Å². The number of halogens is 1. The number of carbonyl (C=O) groups excluding carboxylic acids is 1. The van der Waals surface area contributed by atoms with Gasteiger partial charge in [0.1, 0.15) is 5.69 Å². The molecule has 0 amide bonds. The monoisotopic (exact) mass is 501 g/mol. The van der Waals surface area contributed by atoms with Gasteiger partial charge >= 0.3 is 0 Å². The topological polar surface area (TPSA) is 63.6 Å². The number of aryl methyl sites for hydroxylation is 1. The second kappa shape index (κ2) is 9.45. The molecule has 0 radical (unpaired) electrons. The number of carbonyl (C=O) groups is 1. The number of ether oxygens (including phenoxy) is 1. The van der Waals surface area contributed by atoms with Crippen molar-refractivity contribution in [2.45, 2.75) is 44.7 Å². The maximum absolute atomic E-state index is 15.8. The fraction of sp³-hybridized carbons (Fsp3) is 0.400. The SMILES string of the molecule is COc1c(N2CC3CCCNC3C2)c(F)cc2c(=O)c(C(=O)/C=C/c3ccc(C)cc3)cn(C3CC3)c12. The second-order valence-corrected chi connectivity index (χ2v) is 10.6. The lowest BCUT2D eigenvalue weighted by Crippen LogP contribution is -2.40. The minimum Gasteiger partial charge on any atom is -0.492 e. The predicted molar refractivity (Wildman–Crippen MR) is 144 cm³/mol. The Bertz CT molecular complexity index is 1440. The zero-order valence-corrected chi connectivity index (χ0v) is 21.3. The van der Waals surface area contributed by atoms with Gasteiger partial charge in [-0.15, -0.1) is 0 Å². The summed E-state index contributed by atoms with van der Waals surface area (Å²) in [6.45, 7) is 4.45. The highest BCUT2D eigenvalue weighted by atomic mass is 19.1. The van der Waals surface area contributed by atoms with Gasteiger partial charge in [0.15, 0.2) is 17.3 Å². The lowest BCUT2D eigenvalue weighted by molar-refractivity contribution is 0.104. The summed E-state index contributed by atoms with van der Waals surface area (Å²) in [7, 11) is 1.53. The molecule has 6 rings (SSSR count). The van der Waals surface area contributed by atoms with Crippen molar-refractivity contribution >= 4 is 28.4 Å². The molecule has 1 N–H and O–H groups in total. The molecule has 2 aliphatic heterocycles. The summed E-state index contributed by atoms with van der Waals surface area (Å²) in [5.74, 6) is -0.0198. The number of rotatable bonds is 6. The first-order valence-corrected chi connectivity index (χ1v) is 13.2. The van der Waals surface area contributed by atoms with Gasteiger partial charge in [-0.25, -0.2) is 4.39 Å². The van der Waals surface area contributed by atoms with E-state index in [2.05, 4.69) is 10.2 Å². The molecule has 7 heteroatoms. The molecule has 6 nitrogen and oxygen atoms in total. The fourth-order valence-corrected chi connectivity index (χ4v) is 5.92. The number of benzene rings is 2. The van der Waals surface area contributed by atoms with Crippen LogP contribution in [-0.4, -0.2) is 43.1 Å². The van der Waals surface area contributed by atoms with Crippen LogP contribution in [0.15, 0.2) is 47.4 Å². The number of aromatic nitrogens is 1. The highest BCUT2D eigenvalue weighted by Crippen LogP contribution is 2.45. The van der Waals surface area contributed by atoms with Crippen LogP contribution in [0.4, 0.5) is 10.1 Å². The number of piperidine rings is 1. The predicted octanol–water partition coefficient (Wildman–Crippen LogP) is 4.88. The summed E-state index contributed by atoms with van der Waals surface area (Å²) in [5, 5.41) is 3.76. The van der Waals surface area contributed by atoms with Crippen LogP contribution >= 0.6 is 0 Å². The minimum absolute atomic E-state index is 0.0494. The summed E-state index contributed by atoms with van der Waals surface area (Å²) in [4.78, 5) is 28.8. The van der Waals surface area contributed by atoms with Crippen LogP contribution in [-0.2, 0) is 0 Å². The van der Waals surface area contributed by atoms with Gasteiger partial charge in [-0.05, 0) is 62.8 Å². The Kier molecular flexibility index (Phi) is 6.11. The average molecular weight is 502 g/mol. The van der Waals surface area contributed by atoms with Crippen LogP contribution in [0.2, 0.25) is 0 Å². The molecule has 2 saturated heterocycles. The van der Waals surface area contributed by atoms with Gasteiger partial charge in [0.2, 0.25) is 5.43 Å². The molecule has 3 aliphatic rings. The maximum atomic E-state index is 15.8. The molecule has 0 spiro atoms. The molecule has 3 heterocycles. The van der Waals surface area contributed by atoms with Gasteiger partial charge in [0.25, 0.3) is 0 Å². The van der Waals surface area contributed by atoms with E-state index in [1.54, 1.807) is 12.3 Å². The lowest BCUT2D eigenvalue weighted by atomic mass is 9.94. The number of pyridine rings is 1. The van der Waals surface area contributed by atoms with Gasteiger partial charge in [-0.3, -0.25) is 9.59 Å². The van der Waals surface area contributed by atoms with Gasteiger partial charge in [-0.2, -0.15) is 0 Å². The minimum atomic E-state index is -0.484. The van der Waals surface area contributed by atoms with E-state index in [9.17, 15) is 9.59 Å². The number of hydrogen-bond donors (Lipinski definition) is 1. The van der Waals surface area contributed by atoms with Gasteiger partial charge in [0.05, 0.1) is 23.6 Å². The highest BCUT2D eigenvalue weighted by molar-refractivity contribution is 6.08. The molecular weight excluding hydrogens is 469 g/mol. The molecule has 0 bridgehead atoms. The molecule has 1 aromatic heterocycles.